The largest absolute Gasteiger partial charge is 0.412 e. The zero-order valence-corrected chi connectivity index (χ0v) is 32.7. The van der Waals surface area contributed by atoms with Crippen LogP contribution >= 0.6 is 0 Å². The van der Waals surface area contributed by atoms with E-state index in [1.54, 1.807) is 0 Å². The Labute approximate surface area is 286 Å². The first-order chi connectivity index (χ1) is 20.0. The van der Waals surface area contributed by atoms with Crippen molar-refractivity contribution in [3.63, 3.8) is 0 Å². The molecule has 1 saturated heterocycles. The fraction of sp³-hybridized carbons (Fsp3) is 1.00. The van der Waals surface area contributed by atoms with Crippen molar-refractivity contribution < 1.29 is 32.1 Å². The standard InChI is InChI=1S/C21H40O.C19H36O3.2H2O.H2/c1-14-8-10-15(11-9-14)16-12-17(20(2,3)4)19(22)18(13-16)21(5,6)7;1-12-10-21-17(22-11-12)13-8-14(18(2,3)4)16(20)15(9-13)19(5,6)7;;;/h14-19,22H,8-13H2,1-7H3;12-17,20H,8-11H2,1-7H3;2*1H2;1H. The summed E-state index contributed by atoms with van der Waals surface area (Å²) in [5.74, 6) is 5.06. The molecule has 4 unspecified atom stereocenters. The molecule has 0 radical (unpaired) electrons. The van der Waals surface area contributed by atoms with Gasteiger partial charge in [0.15, 0.2) is 6.29 Å². The maximum Gasteiger partial charge on any atom is 0.160 e. The lowest BCUT2D eigenvalue weighted by Gasteiger charge is -2.51. The van der Waals surface area contributed by atoms with Gasteiger partial charge in [0.1, 0.15) is 0 Å². The van der Waals surface area contributed by atoms with Crippen molar-refractivity contribution in [2.24, 2.45) is 74.9 Å². The lowest BCUT2D eigenvalue weighted by Crippen LogP contribution is -2.51. The van der Waals surface area contributed by atoms with Crippen LogP contribution in [0.25, 0.3) is 0 Å². The van der Waals surface area contributed by atoms with Crippen molar-refractivity contribution in [3.8, 4) is 0 Å². The predicted molar refractivity (Wildman–Crippen MR) is 195 cm³/mol. The second kappa shape index (κ2) is 16.6. The molecule has 0 bridgehead atoms. The average molecular weight is 659 g/mol. The van der Waals surface area contributed by atoms with Crippen molar-refractivity contribution in [3.05, 3.63) is 0 Å². The molecule has 278 valence electrons. The topological polar surface area (TPSA) is 122 Å². The Morgan fingerprint density at radius 1 is 0.457 bits per heavy atom. The highest BCUT2D eigenvalue weighted by Gasteiger charge is 2.49. The molecule has 0 aromatic carbocycles. The molecule has 3 aliphatic carbocycles. The van der Waals surface area contributed by atoms with E-state index in [0.717, 1.165) is 43.8 Å². The monoisotopic (exact) mass is 659 g/mol. The summed E-state index contributed by atoms with van der Waals surface area (Å²) in [5, 5.41) is 22.0. The predicted octanol–water partition coefficient (Wildman–Crippen LogP) is 8.60. The summed E-state index contributed by atoms with van der Waals surface area (Å²) in [6, 6.07) is 0. The molecule has 4 aliphatic rings. The van der Waals surface area contributed by atoms with E-state index in [0.29, 0.717) is 35.5 Å². The number of aliphatic hydroxyl groups excluding tert-OH is 2. The van der Waals surface area contributed by atoms with Crippen LogP contribution in [0, 0.1) is 74.9 Å². The summed E-state index contributed by atoms with van der Waals surface area (Å²) in [6.07, 6.45) is 9.73. The molecule has 6 nitrogen and oxygen atoms in total. The SMILES string of the molecule is CC1CCC(C2CC(C(C)(C)C)C(O)C(C(C)(C)C)C2)CC1.CC1COC(C2CC(C(C)(C)C)C(O)C(C(C)(C)C)C2)OC1.O.O.[HH]. The van der Waals surface area contributed by atoms with Crippen LogP contribution in [0.2, 0.25) is 0 Å². The van der Waals surface area contributed by atoms with E-state index in [-0.39, 0.29) is 52.5 Å². The molecular weight excluding hydrogens is 576 g/mol. The Bertz CT molecular complexity index is 747. The second-order valence-electron chi connectivity index (χ2n) is 20.5. The van der Waals surface area contributed by atoms with Gasteiger partial charge in [0, 0.05) is 13.3 Å². The maximum atomic E-state index is 11.1. The van der Waals surface area contributed by atoms with Crippen molar-refractivity contribution in [2.45, 2.75) is 167 Å². The molecule has 4 atom stereocenters. The maximum absolute atomic E-state index is 11.1. The molecule has 1 heterocycles. The molecule has 6 heteroatoms. The normalized spacial score (nSPS) is 39.7. The second-order valence-corrected chi connectivity index (χ2v) is 20.5. The van der Waals surface area contributed by atoms with Gasteiger partial charge in [-0.3, -0.25) is 0 Å². The first kappa shape index (κ1) is 43.8. The number of aliphatic hydroxyl groups is 2. The van der Waals surface area contributed by atoms with Gasteiger partial charge < -0.3 is 30.6 Å². The molecule has 0 aromatic rings. The number of rotatable bonds is 2. The minimum atomic E-state index is -0.237. The fourth-order valence-electron chi connectivity index (χ4n) is 9.33. The molecule has 6 N–H and O–H groups in total. The van der Waals surface area contributed by atoms with Gasteiger partial charge in [-0.25, -0.2) is 0 Å². The van der Waals surface area contributed by atoms with Crippen LogP contribution in [0.5, 0.6) is 0 Å². The van der Waals surface area contributed by atoms with Gasteiger partial charge >= 0.3 is 0 Å². The first-order valence-electron chi connectivity index (χ1n) is 18.6. The van der Waals surface area contributed by atoms with Crippen molar-refractivity contribution in [1.29, 1.82) is 0 Å². The third-order valence-corrected chi connectivity index (χ3v) is 12.5. The minimum Gasteiger partial charge on any atom is -0.412 e. The van der Waals surface area contributed by atoms with E-state index in [9.17, 15) is 10.2 Å². The Morgan fingerprint density at radius 2 is 0.761 bits per heavy atom. The third kappa shape index (κ3) is 11.4. The molecule has 0 aromatic heterocycles. The lowest BCUT2D eigenvalue weighted by molar-refractivity contribution is -0.240. The summed E-state index contributed by atoms with van der Waals surface area (Å²) in [7, 11) is 0. The van der Waals surface area contributed by atoms with E-state index in [1.807, 2.05) is 0 Å². The highest BCUT2D eigenvalue weighted by Crippen LogP contribution is 2.53. The number of ether oxygens (including phenoxy) is 2. The van der Waals surface area contributed by atoms with Crippen LogP contribution in [0.1, 0.15) is 150 Å². The van der Waals surface area contributed by atoms with E-state index >= 15 is 0 Å². The molecular formula is C40H82O6. The van der Waals surface area contributed by atoms with Gasteiger partial charge in [-0.15, -0.1) is 0 Å². The van der Waals surface area contributed by atoms with Gasteiger partial charge in [0.05, 0.1) is 25.4 Å². The minimum absolute atomic E-state index is 0. The van der Waals surface area contributed by atoms with E-state index < -0.39 is 0 Å². The molecule has 46 heavy (non-hydrogen) atoms. The van der Waals surface area contributed by atoms with E-state index in [2.05, 4.69) is 96.9 Å². The van der Waals surface area contributed by atoms with Gasteiger partial charge in [-0.05, 0) is 102 Å². The fourth-order valence-corrected chi connectivity index (χ4v) is 9.33. The molecule has 1 aliphatic heterocycles. The van der Waals surface area contributed by atoms with Crippen LogP contribution in [-0.2, 0) is 9.47 Å². The van der Waals surface area contributed by atoms with Crippen LogP contribution in [0.4, 0.5) is 0 Å². The van der Waals surface area contributed by atoms with Crippen LogP contribution in [-0.4, -0.2) is 52.9 Å². The molecule has 4 fully saturated rings. The van der Waals surface area contributed by atoms with Crippen molar-refractivity contribution in [2.75, 3.05) is 13.2 Å². The smallest absolute Gasteiger partial charge is 0.160 e. The zero-order chi connectivity index (χ0) is 33.4. The summed E-state index contributed by atoms with van der Waals surface area (Å²) in [6.45, 7) is 33.6. The average Bonchev–Trinajstić information content (AvgIpc) is 2.88. The summed E-state index contributed by atoms with van der Waals surface area (Å²) >= 11 is 0. The molecule has 0 amide bonds. The quantitative estimate of drug-likeness (QED) is 0.308. The molecule has 4 rings (SSSR count). The highest BCUT2D eigenvalue weighted by molar-refractivity contribution is 4.98. The van der Waals surface area contributed by atoms with Crippen LogP contribution in [0.15, 0.2) is 0 Å². The molecule has 0 spiro atoms. The Morgan fingerprint density at radius 3 is 1.07 bits per heavy atom. The van der Waals surface area contributed by atoms with Gasteiger partial charge in [-0.2, -0.15) is 0 Å². The van der Waals surface area contributed by atoms with E-state index in [4.69, 9.17) is 9.47 Å². The number of hydrogen-bond donors (Lipinski definition) is 2. The number of hydrogen-bond acceptors (Lipinski definition) is 4. The van der Waals surface area contributed by atoms with E-state index in [1.165, 1.54) is 38.5 Å². The van der Waals surface area contributed by atoms with Gasteiger partial charge in [0.25, 0.3) is 0 Å². The van der Waals surface area contributed by atoms with Crippen molar-refractivity contribution >= 4 is 0 Å². The summed E-state index contributed by atoms with van der Waals surface area (Å²) in [5.41, 5.74) is 0.625. The van der Waals surface area contributed by atoms with Crippen molar-refractivity contribution in [1.82, 2.24) is 0 Å². The Hall–Kier alpha value is -0.240. The Kier molecular flexibility index (Phi) is 15.8. The van der Waals surface area contributed by atoms with Gasteiger partial charge in [-0.1, -0.05) is 110 Å². The summed E-state index contributed by atoms with van der Waals surface area (Å²) < 4.78 is 12.0. The van der Waals surface area contributed by atoms with Gasteiger partial charge in [0.2, 0.25) is 0 Å². The van der Waals surface area contributed by atoms with Crippen LogP contribution < -0.4 is 0 Å². The highest BCUT2D eigenvalue weighted by atomic mass is 16.7. The van der Waals surface area contributed by atoms with Crippen LogP contribution in [0.3, 0.4) is 0 Å². The lowest BCUT2D eigenvalue weighted by atomic mass is 9.56. The Balaban J connectivity index is 0.000000846. The summed E-state index contributed by atoms with van der Waals surface area (Å²) in [4.78, 5) is 0. The first-order valence-corrected chi connectivity index (χ1v) is 18.6. The molecule has 3 saturated carbocycles. The third-order valence-electron chi connectivity index (χ3n) is 12.5. The zero-order valence-electron chi connectivity index (χ0n) is 32.7.